The van der Waals surface area contributed by atoms with Crippen molar-refractivity contribution in [2.24, 2.45) is 5.73 Å². The van der Waals surface area contributed by atoms with Gasteiger partial charge in [0.15, 0.2) is 17.5 Å². The quantitative estimate of drug-likeness (QED) is 0.472. The third-order valence-corrected chi connectivity index (χ3v) is 6.94. The van der Waals surface area contributed by atoms with Crippen LogP contribution in [-0.4, -0.2) is 60.1 Å². The molecule has 3 atom stereocenters. The summed E-state index contributed by atoms with van der Waals surface area (Å²) in [5.74, 6) is 1.08. The predicted molar refractivity (Wildman–Crippen MR) is 139 cm³/mol. The van der Waals surface area contributed by atoms with Gasteiger partial charge in [-0.15, -0.1) is 12.4 Å². The van der Waals surface area contributed by atoms with E-state index >= 15 is 0 Å². The van der Waals surface area contributed by atoms with Gasteiger partial charge in [0.2, 0.25) is 0 Å². The first-order valence-corrected chi connectivity index (χ1v) is 12.0. The first-order chi connectivity index (χ1) is 17.7. The number of anilines is 1. The van der Waals surface area contributed by atoms with Crippen molar-refractivity contribution >= 4 is 24.1 Å². The second-order valence-corrected chi connectivity index (χ2v) is 9.34. The van der Waals surface area contributed by atoms with E-state index < -0.39 is 18.3 Å². The van der Waals surface area contributed by atoms with Gasteiger partial charge < -0.3 is 25.4 Å². The van der Waals surface area contributed by atoms with E-state index in [2.05, 4.69) is 10.4 Å². The first kappa shape index (κ1) is 27.6. The molecule has 3 heterocycles. The van der Waals surface area contributed by atoms with Crippen molar-refractivity contribution in [2.75, 3.05) is 32.6 Å². The van der Waals surface area contributed by atoms with E-state index in [0.29, 0.717) is 47.0 Å². The summed E-state index contributed by atoms with van der Waals surface area (Å²) in [4.78, 5) is 14.4. The van der Waals surface area contributed by atoms with E-state index in [4.69, 9.17) is 15.2 Å². The number of nitrogens with one attached hydrogen (secondary N) is 1. The largest absolute Gasteiger partial charge is 0.493 e. The summed E-state index contributed by atoms with van der Waals surface area (Å²) in [6.45, 7) is 1.13. The number of hydrogen-bond acceptors (Lipinski definition) is 6. The minimum atomic E-state index is -4.50. The molecule has 38 heavy (non-hydrogen) atoms. The summed E-state index contributed by atoms with van der Waals surface area (Å²) < 4.78 is 53.9. The molecule has 5 rings (SSSR count). The average Bonchev–Trinajstić information content (AvgIpc) is 3.53. The molecule has 2 aliphatic heterocycles. The third-order valence-electron chi connectivity index (χ3n) is 6.94. The number of rotatable bonds is 5. The molecule has 3 aromatic rings. The first-order valence-electron chi connectivity index (χ1n) is 12.0. The molecule has 2 aliphatic rings. The third kappa shape index (κ3) is 5.25. The van der Waals surface area contributed by atoms with Crippen molar-refractivity contribution in [3.8, 4) is 22.8 Å². The van der Waals surface area contributed by atoms with Crippen LogP contribution in [0.1, 0.15) is 40.8 Å². The number of carbonyl (C=O) groups excluding carboxylic acids is 1. The zero-order chi connectivity index (χ0) is 26.3. The highest BCUT2D eigenvalue weighted by Gasteiger charge is 2.46. The van der Waals surface area contributed by atoms with Crippen LogP contribution in [0.15, 0.2) is 48.5 Å². The predicted octanol–water partition coefficient (Wildman–Crippen LogP) is 4.82. The SMILES string of the molecule is COc1ccc(C2CC(C(F)(F)F)n3nc(-c4ccc(C(=O)N5CCC(N)C5)cc4)cc3N2)cc1OC.Cl. The number of fused-ring (bicyclic) bond motifs is 1. The lowest BCUT2D eigenvalue weighted by atomic mass is 9.96. The van der Waals surface area contributed by atoms with E-state index in [1.54, 1.807) is 53.4 Å². The van der Waals surface area contributed by atoms with Crippen LogP contribution >= 0.6 is 12.4 Å². The van der Waals surface area contributed by atoms with E-state index in [-0.39, 0.29) is 36.6 Å². The number of ether oxygens (including phenoxy) is 2. The molecule has 0 radical (unpaired) electrons. The maximum absolute atomic E-state index is 14.1. The number of nitrogens with zero attached hydrogens (tertiary/aromatic N) is 3. The van der Waals surface area contributed by atoms with Crippen LogP contribution in [0.4, 0.5) is 19.0 Å². The lowest BCUT2D eigenvalue weighted by Crippen LogP contribution is -2.35. The molecule has 0 saturated carbocycles. The molecular weight excluding hydrogens is 523 g/mol. The molecule has 1 fully saturated rings. The summed E-state index contributed by atoms with van der Waals surface area (Å²) in [7, 11) is 2.98. The van der Waals surface area contributed by atoms with Gasteiger partial charge in [-0.05, 0) is 36.2 Å². The summed E-state index contributed by atoms with van der Waals surface area (Å²) in [6, 6.07) is 11.0. The molecule has 3 N–H and O–H groups in total. The van der Waals surface area contributed by atoms with Crippen LogP contribution in [-0.2, 0) is 0 Å². The fourth-order valence-corrected chi connectivity index (χ4v) is 4.94. The zero-order valence-corrected chi connectivity index (χ0v) is 21.7. The highest BCUT2D eigenvalue weighted by Crippen LogP contribution is 2.45. The topological polar surface area (TPSA) is 94.6 Å². The Morgan fingerprint density at radius 2 is 1.79 bits per heavy atom. The molecule has 2 aromatic carbocycles. The highest BCUT2D eigenvalue weighted by atomic mass is 35.5. The maximum Gasteiger partial charge on any atom is 0.410 e. The van der Waals surface area contributed by atoms with Crippen molar-refractivity contribution in [3.63, 3.8) is 0 Å². The van der Waals surface area contributed by atoms with Crippen LogP contribution in [0.5, 0.6) is 11.5 Å². The Morgan fingerprint density at radius 3 is 2.39 bits per heavy atom. The molecule has 12 heteroatoms. The van der Waals surface area contributed by atoms with Crippen LogP contribution in [0.3, 0.4) is 0 Å². The van der Waals surface area contributed by atoms with Crippen molar-refractivity contribution in [3.05, 3.63) is 59.7 Å². The maximum atomic E-state index is 14.1. The molecule has 0 bridgehead atoms. The summed E-state index contributed by atoms with van der Waals surface area (Å²) in [6.07, 6.45) is -3.97. The van der Waals surface area contributed by atoms with Crippen molar-refractivity contribution in [1.82, 2.24) is 14.7 Å². The number of amides is 1. The van der Waals surface area contributed by atoms with Crippen molar-refractivity contribution in [2.45, 2.75) is 37.1 Å². The van der Waals surface area contributed by atoms with Crippen LogP contribution < -0.4 is 20.5 Å². The van der Waals surface area contributed by atoms with Crippen LogP contribution in [0.2, 0.25) is 0 Å². The molecule has 0 aliphatic carbocycles. The molecular formula is C26H29ClF3N5O3. The van der Waals surface area contributed by atoms with Gasteiger partial charge in [0.25, 0.3) is 5.91 Å². The lowest BCUT2D eigenvalue weighted by Gasteiger charge is -2.33. The molecule has 204 valence electrons. The fraction of sp³-hybridized carbons (Fsp3) is 0.385. The molecule has 0 spiro atoms. The lowest BCUT2D eigenvalue weighted by molar-refractivity contribution is -0.173. The molecule has 3 unspecified atom stereocenters. The molecule has 1 amide bonds. The fourth-order valence-electron chi connectivity index (χ4n) is 4.94. The standard InChI is InChI=1S/C26H28F3N5O3.ClH/c1-36-21-8-7-17(11-22(21)37-2)19-12-23(26(27,28)29)34-24(31-19)13-20(32-34)15-3-5-16(6-4-15)25(35)33-10-9-18(30)14-33;/h3-8,11,13,18-19,23,31H,9-10,12,14,30H2,1-2H3;1H. The number of hydrogen-bond donors (Lipinski definition) is 2. The van der Waals surface area contributed by atoms with Gasteiger partial charge in [0, 0.05) is 42.7 Å². The van der Waals surface area contributed by atoms with Gasteiger partial charge >= 0.3 is 6.18 Å². The second-order valence-electron chi connectivity index (χ2n) is 9.34. The number of carbonyl (C=O) groups is 1. The Labute approximate surface area is 224 Å². The summed E-state index contributed by atoms with van der Waals surface area (Å²) in [5, 5.41) is 7.49. The average molecular weight is 552 g/mol. The smallest absolute Gasteiger partial charge is 0.410 e. The number of likely N-dealkylation sites (tertiary alicyclic amines) is 1. The van der Waals surface area contributed by atoms with Crippen molar-refractivity contribution in [1.29, 1.82) is 0 Å². The van der Waals surface area contributed by atoms with E-state index in [0.717, 1.165) is 11.1 Å². The normalized spacial score (nSPS) is 20.8. The van der Waals surface area contributed by atoms with Crippen molar-refractivity contribution < 1.29 is 27.4 Å². The zero-order valence-electron chi connectivity index (χ0n) is 20.9. The number of benzene rings is 2. The van der Waals surface area contributed by atoms with Gasteiger partial charge in [-0.25, -0.2) is 4.68 Å². The Kier molecular flexibility index (Phi) is 7.80. The number of nitrogens with two attached hydrogens (primary N) is 1. The van der Waals surface area contributed by atoms with Gasteiger partial charge in [-0.3, -0.25) is 4.79 Å². The number of alkyl halides is 3. The Hall–Kier alpha value is -3.44. The Morgan fingerprint density at radius 1 is 1.08 bits per heavy atom. The van der Waals surface area contributed by atoms with Gasteiger partial charge in [0.05, 0.1) is 26.0 Å². The summed E-state index contributed by atoms with van der Waals surface area (Å²) >= 11 is 0. The second kappa shape index (κ2) is 10.7. The monoisotopic (exact) mass is 551 g/mol. The van der Waals surface area contributed by atoms with Crippen LogP contribution in [0.25, 0.3) is 11.3 Å². The van der Waals surface area contributed by atoms with E-state index in [1.165, 1.54) is 14.2 Å². The van der Waals surface area contributed by atoms with E-state index in [1.807, 2.05) is 0 Å². The number of aromatic nitrogens is 2. The number of halogens is 4. The minimum absolute atomic E-state index is 0. The Bertz CT molecular complexity index is 1300. The van der Waals surface area contributed by atoms with Gasteiger partial charge in [-0.2, -0.15) is 18.3 Å². The molecule has 1 saturated heterocycles. The highest BCUT2D eigenvalue weighted by molar-refractivity contribution is 5.95. The Balaban J connectivity index is 0.00000336. The molecule has 1 aromatic heterocycles. The number of methoxy groups -OCH3 is 2. The van der Waals surface area contributed by atoms with Gasteiger partial charge in [-0.1, -0.05) is 18.2 Å². The van der Waals surface area contributed by atoms with Gasteiger partial charge in [0.1, 0.15) is 5.82 Å². The molecule has 8 nitrogen and oxygen atoms in total. The summed E-state index contributed by atoms with van der Waals surface area (Å²) in [5.41, 5.74) is 8.04. The van der Waals surface area contributed by atoms with Crippen LogP contribution in [0, 0.1) is 0 Å². The minimum Gasteiger partial charge on any atom is -0.493 e. The van der Waals surface area contributed by atoms with E-state index in [9.17, 15) is 18.0 Å².